The summed E-state index contributed by atoms with van der Waals surface area (Å²) in [7, 11) is 0. The second-order valence-corrected chi connectivity index (χ2v) is 6.52. The maximum absolute atomic E-state index is 11.7. The summed E-state index contributed by atoms with van der Waals surface area (Å²) in [5.41, 5.74) is 2.36. The molecule has 21 heavy (non-hydrogen) atoms. The molecular weight excluding hydrogens is 264 g/mol. The van der Waals surface area contributed by atoms with Gasteiger partial charge in [-0.25, -0.2) is 0 Å². The second kappa shape index (κ2) is 6.14. The summed E-state index contributed by atoms with van der Waals surface area (Å²) in [5, 5.41) is 9.59. The molecule has 3 atom stereocenters. The molecule has 2 aliphatic rings. The first-order chi connectivity index (χ1) is 10.2. The Kier molecular flexibility index (Phi) is 4.24. The van der Waals surface area contributed by atoms with Gasteiger partial charge in [-0.3, -0.25) is 14.7 Å². The molecule has 4 nitrogen and oxygen atoms in total. The number of aromatic nitrogens is 1. The number of aliphatic carboxylic acids is 1. The van der Waals surface area contributed by atoms with Gasteiger partial charge in [0.1, 0.15) is 6.04 Å². The van der Waals surface area contributed by atoms with Crippen molar-refractivity contribution in [2.75, 3.05) is 0 Å². The van der Waals surface area contributed by atoms with E-state index >= 15 is 0 Å². The summed E-state index contributed by atoms with van der Waals surface area (Å²) in [6.45, 7) is 2.80. The number of carbonyl (C=O) groups is 1. The average molecular weight is 288 g/mol. The standard InChI is InChI=1S/C17H24N2O2/c1-12-8-9-18-10-14(12)11-19-15-5-3-2-4-13(15)6-7-16(19)17(20)21/h8-10,13,15-16H,2-7,11H2,1H3,(H,20,21). The molecule has 1 aliphatic heterocycles. The molecule has 0 amide bonds. The van der Waals surface area contributed by atoms with E-state index in [4.69, 9.17) is 0 Å². The molecule has 1 N–H and O–H groups in total. The Morgan fingerprint density at radius 1 is 1.33 bits per heavy atom. The molecule has 1 aromatic rings. The van der Waals surface area contributed by atoms with Crippen LogP contribution in [0.3, 0.4) is 0 Å². The van der Waals surface area contributed by atoms with Gasteiger partial charge in [-0.2, -0.15) is 0 Å². The van der Waals surface area contributed by atoms with Crippen LogP contribution in [0.2, 0.25) is 0 Å². The third kappa shape index (κ3) is 2.95. The molecule has 0 bridgehead atoms. The Bertz CT molecular complexity index is 517. The van der Waals surface area contributed by atoms with Crippen LogP contribution >= 0.6 is 0 Å². The number of likely N-dealkylation sites (tertiary alicyclic amines) is 1. The molecule has 3 rings (SSSR count). The minimum atomic E-state index is -0.666. The van der Waals surface area contributed by atoms with E-state index in [1.54, 1.807) is 6.20 Å². The third-order valence-corrected chi connectivity index (χ3v) is 5.29. The summed E-state index contributed by atoms with van der Waals surface area (Å²) >= 11 is 0. The molecule has 2 fully saturated rings. The number of hydrogen-bond acceptors (Lipinski definition) is 3. The molecule has 1 aliphatic carbocycles. The first-order valence-electron chi connectivity index (χ1n) is 8.05. The molecule has 2 heterocycles. The van der Waals surface area contributed by atoms with Crippen molar-refractivity contribution < 1.29 is 9.90 Å². The number of carboxylic acids is 1. The molecule has 114 valence electrons. The number of carboxylic acid groups (broad SMARTS) is 1. The van der Waals surface area contributed by atoms with Gasteiger partial charge in [0.25, 0.3) is 0 Å². The van der Waals surface area contributed by atoms with Crippen LogP contribution in [0.25, 0.3) is 0 Å². The molecule has 0 radical (unpaired) electrons. The van der Waals surface area contributed by atoms with Gasteiger partial charge in [-0.1, -0.05) is 12.8 Å². The van der Waals surface area contributed by atoms with Gasteiger partial charge in [0.05, 0.1) is 0 Å². The minimum Gasteiger partial charge on any atom is -0.480 e. The van der Waals surface area contributed by atoms with Crippen LogP contribution in [-0.2, 0) is 11.3 Å². The Labute approximate surface area is 126 Å². The van der Waals surface area contributed by atoms with Gasteiger partial charge in [0.2, 0.25) is 0 Å². The van der Waals surface area contributed by atoms with Crippen LogP contribution in [-0.4, -0.2) is 33.0 Å². The van der Waals surface area contributed by atoms with E-state index in [0.29, 0.717) is 12.0 Å². The number of rotatable bonds is 3. The average Bonchev–Trinajstić information content (AvgIpc) is 2.49. The second-order valence-electron chi connectivity index (χ2n) is 6.52. The van der Waals surface area contributed by atoms with E-state index in [1.165, 1.54) is 24.8 Å². The Morgan fingerprint density at radius 3 is 2.90 bits per heavy atom. The summed E-state index contributed by atoms with van der Waals surface area (Å²) in [6, 6.07) is 2.12. The summed E-state index contributed by atoms with van der Waals surface area (Å²) in [5.74, 6) is 0.0203. The monoisotopic (exact) mass is 288 g/mol. The van der Waals surface area contributed by atoms with Crippen molar-refractivity contribution in [3.63, 3.8) is 0 Å². The third-order valence-electron chi connectivity index (χ3n) is 5.29. The Morgan fingerprint density at radius 2 is 2.14 bits per heavy atom. The summed E-state index contributed by atoms with van der Waals surface area (Å²) < 4.78 is 0. The zero-order valence-corrected chi connectivity index (χ0v) is 12.7. The topological polar surface area (TPSA) is 53.4 Å². The van der Waals surface area contributed by atoms with Crippen molar-refractivity contribution in [1.82, 2.24) is 9.88 Å². The van der Waals surface area contributed by atoms with E-state index in [2.05, 4.69) is 16.8 Å². The molecule has 0 spiro atoms. The van der Waals surface area contributed by atoms with Gasteiger partial charge in [-0.15, -0.1) is 0 Å². The van der Waals surface area contributed by atoms with Gasteiger partial charge in [0, 0.05) is 25.0 Å². The van der Waals surface area contributed by atoms with Crippen molar-refractivity contribution in [2.24, 2.45) is 5.92 Å². The van der Waals surface area contributed by atoms with Crippen molar-refractivity contribution >= 4 is 5.97 Å². The molecule has 1 saturated heterocycles. The fraction of sp³-hybridized carbons (Fsp3) is 0.647. The predicted octanol–water partition coefficient (Wildman–Crippen LogP) is 3.00. The van der Waals surface area contributed by atoms with Crippen LogP contribution in [0.5, 0.6) is 0 Å². The Balaban J connectivity index is 1.85. The summed E-state index contributed by atoms with van der Waals surface area (Å²) in [6.07, 6.45) is 10.5. The maximum atomic E-state index is 11.7. The first-order valence-corrected chi connectivity index (χ1v) is 8.05. The number of aryl methyl sites for hydroxylation is 1. The zero-order chi connectivity index (χ0) is 14.8. The van der Waals surface area contributed by atoms with Crippen LogP contribution < -0.4 is 0 Å². The fourth-order valence-corrected chi connectivity index (χ4v) is 4.08. The largest absolute Gasteiger partial charge is 0.480 e. The normalized spacial score (nSPS) is 29.9. The van der Waals surface area contributed by atoms with E-state index in [-0.39, 0.29) is 6.04 Å². The van der Waals surface area contributed by atoms with Crippen molar-refractivity contribution in [3.8, 4) is 0 Å². The molecule has 0 aromatic carbocycles. The Hall–Kier alpha value is -1.42. The highest BCUT2D eigenvalue weighted by Gasteiger charge is 2.41. The van der Waals surface area contributed by atoms with Crippen molar-refractivity contribution in [3.05, 3.63) is 29.6 Å². The van der Waals surface area contributed by atoms with Crippen molar-refractivity contribution in [1.29, 1.82) is 0 Å². The molecule has 1 aromatic heterocycles. The van der Waals surface area contributed by atoms with E-state index < -0.39 is 5.97 Å². The molecule has 3 unspecified atom stereocenters. The zero-order valence-electron chi connectivity index (χ0n) is 12.7. The lowest BCUT2D eigenvalue weighted by atomic mass is 9.76. The van der Waals surface area contributed by atoms with Crippen LogP contribution in [0, 0.1) is 12.8 Å². The van der Waals surface area contributed by atoms with E-state index in [9.17, 15) is 9.90 Å². The predicted molar refractivity (Wildman–Crippen MR) is 80.9 cm³/mol. The number of hydrogen-bond donors (Lipinski definition) is 1. The highest BCUT2D eigenvalue weighted by Crippen LogP contribution is 2.38. The van der Waals surface area contributed by atoms with Crippen LogP contribution in [0.1, 0.15) is 49.7 Å². The minimum absolute atomic E-state index is 0.330. The lowest BCUT2D eigenvalue weighted by molar-refractivity contribution is -0.148. The smallest absolute Gasteiger partial charge is 0.320 e. The number of nitrogens with zero attached hydrogens (tertiary/aromatic N) is 2. The van der Waals surface area contributed by atoms with Gasteiger partial charge < -0.3 is 5.11 Å². The van der Waals surface area contributed by atoms with Crippen LogP contribution in [0.15, 0.2) is 18.5 Å². The molecule has 1 saturated carbocycles. The number of piperidine rings is 1. The molecular formula is C17H24N2O2. The SMILES string of the molecule is Cc1ccncc1CN1C(C(=O)O)CCC2CCCCC21. The van der Waals surface area contributed by atoms with Gasteiger partial charge >= 0.3 is 5.97 Å². The van der Waals surface area contributed by atoms with Crippen LogP contribution in [0.4, 0.5) is 0 Å². The highest BCUT2D eigenvalue weighted by atomic mass is 16.4. The van der Waals surface area contributed by atoms with E-state index in [0.717, 1.165) is 31.4 Å². The molecule has 4 heteroatoms. The highest BCUT2D eigenvalue weighted by molar-refractivity contribution is 5.73. The maximum Gasteiger partial charge on any atom is 0.320 e. The summed E-state index contributed by atoms with van der Waals surface area (Å²) in [4.78, 5) is 18.1. The fourth-order valence-electron chi connectivity index (χ4n) is 4.08. The number of pyridine rings is 1. The first kappa shape index (κ1) is 14.5. The van der Waals surface area contributed by atoms with Crippen molar-refractivity contribution in [2.45, 2.75) is 64.1 Å². The van der Waals surface area contributed by atoms with E-state index in [1.807, 2.05) is 12.3 Å². The lowest BCUT2D eigenvalue weighted by Gasteiger charge is -2.47. The quantitative estimate of drug-likeness (QED) is 0.929. The van der Waals surface area contributed by atoms with Gasteiger partial charge in [0.15, 0.2) is 0 Å². The number of fused-ring (bicyclic) bond motifs is 1. The van der Waals surface area contributed by atoms with Gasteiger partial charge in [-0.05, 0) is 55.7 Å². The lowest BCUT2D eigenvalue weighted by Crippen LogP contribution is -2.54.